The predicted molar refractivity (Wildman–Crippen MR) is 57.9 cm³/mol. The Bertz CT molecular complexity index is 406. The van der Waals surface area contributed by atoms with E-state index >= 15 is 0 Å². The van der Waals surface area contributed by atoms with E-state index in [0.717, 1.165) is 0 Å². The molecule has 1 aromatic carbocycles. The first-order valence-electron chi connectivity index (χ1n) is 3.98. The lowest BCUT2D eigenvalue weighted by atomic mass is 10.3. The Kier molecular flexibility index (Phi) is 3.74. The second-order valence-corrected chi connectivity index (χ2v) is 4.91. The molecule has 0 aromatic heterocycles. The molecule has 0 atom stereocenters. The summed E-state index contributed by atoms with van der Waals surface area (Å²) in [5, 5.41) is 8.27. The smallest absolute Gasteiger partial charge is 0.210 e. The van der Waals surface area contributed by atoms with Crippen LogP contribution in [0.15, 0.2) is 24.3 Å². The van der Waals surface area contributed by atoms with Crippen molar-refractivity contribution in [3.05, 3.63) is 29.3 Å². The molecule has 0 amide bonds. The number of nitrogens with two attached hydrogens (primary N) is 1. The van der Waals surface area contributed by atoms with Crippen LogP contribution in [0.5, 0.6) is 0 Å². The molecule has 0 unspecified atom stereocenters. The molecule has 0 aliphatic heterocycles. The Morgan fingerprint density at radius 2 is 2.00 bits per heavy atom. The Balaban J connectivity index is 2.51. The monoisotopic (exact) mass is 234 g/mol. The van der Waals surface area contributed by atoms with Crippen LogP contribution in [-0.4, -0.2) is 20.7 Å². The van der Waals surface area contributed by atoms with Gasteiger partial charge in [0, 0.05) is 6.54 Å². The van der Waals surface area contributed by atoms with Gasteiger partial charge in [0.05, 0.1) is 16.5 Å². The predicted octanol–water partition coefficient (Wildman–Crippen LogP) is 1.04. The maximum absolute atomic E-state index is 10.6. The van der Waals surface area contributed by atoms with E-state index in [1.54, 1.807) is 18.2 Å². The highest BCUT2D eigenvalue weighted by atomic mass is 35.5. The normalized spacial score (nSPS) is 11.3. The SMILES string of the molecule is NS(=O)(=O)CCNc1ccccc1Cl. The second kappa shape index (κ2) is 4.63. The van der Waals surface area contributed by atoms with Crippen molar-refractivity contribution < 1.29 is 8.42 Å². The lowest BCUT2D eigenvalue weighted by Crippen LogP contribution is -2.22. The van der Waals surface area contributed by atoms with E-state index in [0.29, 0.717) is 10.7 Å². The van der Waals surface area contributed by atoms with Gasteiger partial charge in [0.15, 0.2) is 0 Å². The molecule has 1 rings (SSSR count). The Hall–Kier alpha value is -0.780. The average molecular weight is 235 g/mol. The van der Waals surface area contributed by atoms with Gasteiger partial charge >= 0.3 is 0 Å². The molecule has 6 heteroatoms. The molecule has 4 nitrogen and oxygen atoms in total. The molecule has 0 heterocycles. The molecule has 3 N–H and O–H groups in total. The van der Waals surface area contributed by atoms with Crippen LogP contribution in [0.2, 0.25) is 5.02 Å². The average Bonchev–Trinajstić information content (AvgIpc) is 2.06. The van der Waals surface area contributed by atoms with Crippen molar-refractivity contribution in [1.29, 1.82) is 0 Å². The van der Waals surface area contributed by atoms with E-state index in [2.05, 4.69) is 5.32 Å². The number of benzene rings is 1. The number of anilines is 1. The molecule has 78 valence electrons. The van der Waals surface area contributed by atoms with Crippen molar-refractivity contribution in [2.45, 2.75) is 0 Å². The number of sulfonamides is 1. The molecule has 0 saturated heterocycles. The molecule has 0 fully saturated rings. The minimum Gasteiger partial charge on any atom is -0.383 e. The summed E-state index contributed by atoms with van der Waals surface area (Å²) in [4.78, 5) is 0. The molecule has 0 saturated carbocycles. The summed E-state index contributed by atoms with van der Waals surface area (Å²) in [6.07, 6.45) is 0. The van der Waals surface area contributed by atoms with Crippen LogP contribution >= 0.6 is 11.6 Å². The molecule has 0 aliphatic rings. The van der Waals surface area contributed by atoms with Gasteiger partial charge in [0.1, 0.15) is 0 Å². The van der Waals surface area contributed by atoms with Crippen LogP contribution in [0, 0.1) is 0 Å². The van der Waals surface area contributed by atoms with Crippen molar-refractivity contribution >= 4 is 27.3 Å². The van der Waals surface area contributed by atoms with Crippen LogP contribution in [0.25, 0.3) is 0 Å². The lowest BCUT2D eigenvalue weighted by molar-refractivity contribution is 0.598. The molecule has 0 spiro atoms. The van der Waals surface area contributed by atoms with E-state index in [1.165, 1.54) is 0 Å². The van der Waals surface area contributed by atoms with Gasteiger partial charge in [-0.1, -0.05) is 23.7 Å². The molecular formula is C8H11ClN2O2S. The summed E-state index contributed by atoms with van der Waals surface area (Å²) >= 11 is 5.83. The Labute approximate surface area is 88.1 Å². The highest BCUT2D eigenvalue weighted by molar-refractivity contribution is 7.89. The third-order valence-electron chi connectivity index (χ3n) is 1.58. The highest BCUT2D eigenvalue weighted by Crippen LogP contribution is 2.19. The number of nitrogens with one attached hydrogen (secondary N) is 1. The van der Waals surface area contributed by atoms with Crippen molar-refractivity contribution in [3.8, 4) is 0 Å². The number of para-hydroxylation sites is 1. The maximum Gasteiger partial charge on any atom is 0.210 e. The van der Waals surface area contributed by atoms with Gasteiger partial charge in [-0.2, -0.15) is 0 Å². The van der Waals surface area contributed by atoms with Crippen LogP contribution in [0.3, 0.4) is 0 Å². The van der Waals surface area contributed by atoms with Crippen LogP contribution < -0.4 is 10.5 Å². The number of halogens is 1. The summed E-state index contributed by atoms with van der Waals surface area (Å²) in [6.45, 7) is 0.253. The van der Waals surface area contributed by atoms with Gasteiger partial charge in [0.25, 0.3) is 0 Å². The fraction of sp³-hybridized carbons (Fsp3) is 0.250. The van der Waals surface area contributed by atoms with Crippen LogP contribution in [0.1, 0.15) is 0 Å². The molecule has 14 heavy (non-hydrogen) atoms. The van der Waals surface area contributed by atoms with E-state index in [1.807, 2.05) is 6.07 Å². The largest absolute Gasteiger partial charge is 0.383 e. The molecular weight excluding hydrogens is 224 g/mol. The maximum atomic E-state index is 10.6. The first-order valence-corrected chi connectivity index (χ1v) is 6.07. The van der Waals surface area contributed by atoms with Gasteiger partial charge in [-0.3, -0.25) is 0 Å². The van der Waals surface area contributed by atoms with E-state index in [4.69, 9.17) is 16.7 Å². The van der Waals surface area contributed by atoms with E-state index < -0.39 is 10.0 Å². The zero-order valence-electron chi connectivity index (χ0n) is 7.40. The van der Waals surface area contributed by atoms with Gasteiger partial charge in [-0.05, 0) is 12.1 Å². The topological polar surface area (TPSA) is 72.2 Å². The third-order valence-corrected chi connectivity index (χ3v) is 2.68. The summed E-state index contributed by atoms with van der Waals surface area (Å²) < 4.78 is 21.2. The summed E-state index contributed by atoms with van der Waals surface area (Å²) in [5.74, 6) is -0.113. The van der Waals surface area contributed by atoms with Crippen LogP contribution in [-0.2, 0) is 10.0 Å². The Morgan fingerprint density at radius 3 is 2.57 bits per heavy atom. The fourth-order valence-electron chi connectivity index (χ4n) is 0.933. The van der Waals surface area contributed by atoms with Crippen molar-refractivity contribution in [2.24, 2.45) is 5.14 Å². The molecule has 0 aliphatic carbocycles. The van der Waals surface area contributed by atoms with Crippen LogP contribution in [0.4, 0.5) is 5.69 Å². The minimum atomic E-state index is -3.41. The van der Waals surface area contributed by atoms with E-state index in [9.17, 15) is 8.42 Å². The number of rotatable bonds is 4. The van der Waals surface area contributed by atoms with E-state index in [-0.39, 0.29) is 12.3 Å². The highest BCUT2D eigenvalue weighted by Gasteiger charge is 2.02. The minimum absolute atomic E-state index is 0.113. The zero-order chi connectivity index (χ0) is 10.6. The quantitative estimate of drug-likeness (QED) is 0.818. The van der Waals surface area contributed by atoms with Gasteiger partial charge in [0.2, 0.25) is 10.0 Å². The second-order valence-electron chi connectivity index (χ2n) is 2.77. The molecule has 1 aromatic rings. The molecule has 0 bridgehead atoms. The molecule has 0 radical (unpaired) electrons. The zero-order valence-corrected chi connectivity index (χ0v) is 8.98. The van der Waals surface area contributed by atoms with Crippen molar-refractivity contribution in [2.75, 3.05) is 17.6 Å². The Morgan fingerprint density at radius 1 is 1.36 bits per heavy atom. The van der Waals surface area contributed by atoms with Crippen molar-refractivity contribution in [1.82, 2.24) is 0 Å². The standard InChI is InChI=1S/C8H11ClN2O2S/c9-7-3-1-2-4-8(7)11-5-6-14(10,12)13/h1-4,11H,5-6H2,(H2,10,12,13). The fourth-order valence-corrected chi connectivity index (χ4v) is 1.52. The van der Waals surface area contributed by atoms with Gasteiger partial charge in [-0.25, -0.2) is 13.6 Å². The lowest BCUT2D eigenvalue weighted by Gasteiger charge is -2.06. The summed E-state index contributed by atoms with van der Waals surface area (Å²) in [5.41, 5.74) is 0.706. The number of hydrogen-bond donors (Lipinski definition) is 2. The summed E-state index contributed by atoms with van der Waals surface area (Å²) in [6, 6.07) is 7.10. The number of hydrogen-bond acceptors (Lipinski definition) is 3. The first kappa shape index (κ1) is 11.3. The number of primary sulfonamides is 1. The van der Waals surface area contributed by atoms with Crippen molar-refractivity contribution in [3.63, 3.8) is 0 Å². The first-order chi connectivity index (χ1) is 6.49. The third kappa shape index (κ3) is 3.95. The van der Waals surface area contributed by atoms with Gasteiger partial charge < -0.3 is 5.32 Å². The summed E-state index contributed by atoms with van der Waals surface area (Å²) in [7, 11) is -3.41. The van der Waals surface area contributed by atoms with Gasteiger partial charge in [-0.15, -0.1) is 0 Å².